The highest BCUT2D eigenvalue weighted by atomic mass is 32.1. The second-order valence-electron chi connectivity index (χ2n) is 16.3. The molecule has 0 N–H and O–H groups in total. The number of ether oxygens (including phenoxy) is 2. The van der Waals surface area contributed by atoms with Crippen molar-refractivity contribution < 1.29 is 9.47 Å². The number of benzene rings is 1. The maximum absolute atomic E-state index is 7.27. The predicted molar refractivity (Wildman–Crippen MR) is 237 cm³/mol. The average molecular weight is 764 g/mol. The third kappa shape index (κ3) is 14.6. The topological polar surface area (TPSA) is 21.7 Å². The first kappa shape index (κ1) is 43.7. The lowest BCUT2D eigenvalue weighted by molar-refractivity contribution is 0.0396. The minimum Gasteiger partial charge on any atom is -0.487 e. The van der Waals surface area contributed by atoms with Gasteiger partial charge in [-0.15, -0.1) is 11.3 Å². The molecule has 1 aliphatic rings. The molecule has 0 bridgehead atoms. The summed E-state index contributed by atoms with van der Waals surface area (Å²) in [7, 11) is 6.02. The quantitative estimate of drug-likeness (QED) is 0.0609. The fourth-order valence-electron chi connectivity index (χ4n) is 8.27. The van der Waals surface area contributed by atoms with Crippen molar-refractivity contribution in [2.24, 2.45) is 0 Å². The summed E-state index contributed by atoms with van der Waals surface area (Å²) in [5, 5.41) is 0.948. The summed E-state index contributed by atoms with van der Waals surface area (Å²) >= 11 is 3.70. The van der Waals surface area contributed by atoms with Crippen LogP contribution < -0.4 is 14.4 Å². The summed E-state index contributed by atoms with van der Waals surface area (Å²) in [6.45, 7) is 4.61. The van der Waals surface area contributed by atoms with Gasteiger partial charge in [-0.05, 0) is 49.4 Å². The number of hydrogen-bond donors (Lipinski definition) is 0. The fourth-order valence-corrected chi connectivity index (χ4v) is 10.6. The number of methoxy groups -OCH3 is 1. The molecule has 0 spiro atoms. The zero-order chi connectivity index (χ0) is 37.6. The third-order valence-electron chi connectivity index (χ3n) is 11.6. The largest absolute Gasteiger partial charge is 0.487 e. The summed E-state index contributed by atoms with van der Waals surface area (Å²) in [6, 6.07) is 13.8. The van der Waals surface area contributed by atoms with Gasteiger partial charge in [0.2, 0.25) is 0 Å². The van der Waals surface area contributed by atoms with Crippen LogP contribution in [0.1, 0.15) is 199 Å². The Morgan fingerprint density at radius 3 is 1.40 bits per heavy atom. The van der Waals surface area contributed by atoms with Gasteiger partial charge in [-0.25, -0.2) is 0 Å². The minimum atomic E-state index is -0.262. The number of anilines is 1. The van der Waals surface area contributed by atoms with Crippen molar-refractivity contribution in [1.82, 2.24) is 0 Å². The van der Waals surface area contributed by atoms with Gasteiger partial charge in [0.15, 0.2) is 5.06 Å². The van der Waals surface area contributed by atoms with Gasteiger partial charge in [-0.2, -0.15) is 0 Å². The van der Waals surface area contributed by atoms with Crippen molar-refractivity contribution in [3.8, 4) is 31.0 Å². The van der Waals surface area contributed by atoms with E-state index in [1.54, 1.807) is 18.4 Å². The maximum atomic E-state index is 7.27. The first-order chi connectivity index (χ1) is 26.0. The van der Waals surface area contributed by atoms with Crippen LogP contribution in [0.25, 0.3) is 20.2 Å². The van der Waals surface area contributed by atoms with Crippen LogP contribution in [0.15, 0.2) is 36.4 Å². The monoisotopic (exact) mass is 764 g/mol. The molecule has 0 fully saturated rings. The third-order valence-corrected chi connectivity index (χ3v) is 14.1. The summed E-state index contributed by atoms with van der Waals surface area (Å²) in [5.41, 5.74) is 3.71. The van der Waals surface area contributed by atoms with E-state index >= 15 is 0 Å². The van der Waals surface area contributed by atoms with Gasteiger partial charge in [0.25, 0.3) is 0 Å². The fraction of sp³-hybridized carbons (Fsp3) is 0.708. The second-order valence-corrected chi connectivity index (χ2v) is 18.4. The van der Waals surface area contributed by atoms with Crippen molar-refractivity contribution in [1.29, 1.82) is 0 Å². The molecule has 0 saturated heterocycles. The molecule has 3 aromatic rings. The molecule has 0 saturated carbocycles. The van der Waals surface area contributed by atoms with E-state index in [0.717, 1.165) is 23.7 Å². The van der Waals surface area contributed by atoms with Crippen LogP contribution in [-0.4, -0.2) is 21.2 Å². The van der Waals surface area contributed by atoms with E-state index in [2.05, 4.69) is 69.2 Å². The summed E-state index contributed by atoms with van der Waals surface area (Å²) in [4.78, 5) is 6.20. The standard InChI is InChI=1S/C48H77NO2S2/c1-6-8-10-12-14-16-18-20-22-24-26-28-30-36-48(37-31-29-27-25-23-21-19-17-15-13-11-9-7-2)42-38-44(40-32-34-41(35-33-40)49(3)4)52-46(42)47-43(51-48)39-45(50-5)53-47/h32-35,38-39H,6-31,36-37H2,1-5H3. The van der Waals surface area contributed by atoms with Crippen molar-refractivity contribution >= 4 is 28.4 Å². The normalized spacial score (nSPS) is 13.2. The van der Waals surface area contributed by atoms with E-state index in [4.69, 9.17) is 9.47 Å². The SMILES string of the molecule is CCCCCCCCCCCCCCCC1(CCCCCCCCCCCCCCC)Oc2cc(OC)sc2-c2sc(-c3ccc(N(C)C)cc3)cc21. The lowest BCUT2D eigenvalue weighted by atomic mass is 9.81. The zero-order valence-corrected chi connectivity index (χ0v) is 36.5. The molecular formula is C48H77NO2S2. The molecule has 5 heteroatoms. The zero-order valence-electron chi connectivity index (χ0n) is 34.8. The van der Waals surface area contributed by atoms with E-state index in [1.165, 1.54) is 198 Å². The molecular weight excluding hydrogens is 687 g/mol. The highest BCUT2D eigenvalue weighted by Gasteiger charge is 2.43. The first-order valence-corrected chi connectivity index (χ1v) is 23.9. The molecule has 2 aromatic heterocycles. The van der Waals surface area contributed by atoms with E-state index in [9.17, 15) is 0 Å². The van der Waals surface area contributed by atoms with E-state index in [-0.39, 0.29) is 5.60 Å². The lowest BCUT2D eigenvalue weighted by Gasteiger charge is -2.38. The molecule has 0 unspecified atom stereocenters. The Morgan fingerprint density at radius 1 is 0.547 bits per heavy atom. The van der Waals surface area contributed by atoms with Gasteiger partial charge in [-0.3, -0.25) is 0 Å². The van der Waals surface area contributed by atoms with Crippen molar-refractivity contribution in [3.05, 3.63) is 42.0 Å². The minimum absolute atomic E-state index is 0.262. The Labute approximate surface area is 334 Å². The molecule has 0 amide bonds. The van der Waals surface area contributed by atoms with E-state index < -0.39 is 0 Å². The smallest absolute Gasteiger partial charge is 0.177 e. The first-order valence-electron chi connectivity index (χ1n) is 22.3. The van der Waals surface area contributed by atoms with Crippen molar-refractivity contribution in [2.45, 2.75) is 199 Å². The molecule has 1 aromatic carbocycles. The molecule has 0 aliphatic carbocycles. The molecule has 1 aliphatic heterocycles. The van der Waals surface area contributed by atoms with Crippen LogP contribution in [-0.2, 0) is 5.60 Å². The lowest BCUT2D eigenvalue weighted by Crippen LogP contribution is -2.35. The highest BCUT2D eigenvalue weighted by Crippen LogP contribution is 2.58. The van der Waals surface area contributed by atoms with Crippen LogP contribution in [0.4, 0.5) is 5.69 Å². The van der Waals surface area contributed by atoms with Gasteiger partial charge in [0.05, 0.1) is 16.9 Å². The van der Waals surface area contributed by atoms with Crippen LogP contribution in [0.3, 0.4) is 0 Å². The average Bonchev–Trinajstić information content (AvgIpc) is 3.81. The molecule has 3 nitrogen and oxygen atoms in total. The number of fused-ring (bicyclic) bond motifs is 3. The second kappa shape index (κ2) is 25.2. The number of nitrogens with zero attached hydrogens (tertiary/aromatic N) is 1. The number of rotatable bonds is 31. The maximum Gasteiger partial charge on any atom is 0.177 e. The van der Waals surface area contributed by atoms with Crippen LogP contribution in [0.5, 0.6) is 10.8 Å². The summed E-state index contributed by atoms with van der Waals surface area (Å²) < 4.78 is 13.1. The predicted octanol–water partition coefficient (Wildman–Crippen LogP) is 16.8. The molecule has 0 atom stereocenters. The Hall–Kier alpha value is -1.98. The molecule has 3 heterocycles. The Morgan fingerprint density at radius 2 is 0.981 bits per heavy atom. The molecule has 4 rings (SSSR count). The Balaban J connectivity index is 1.36. The number of thiophene rings is 2. The highest BCUT2D eigenvalue weighted by molar-refractivity contribution is 7.25. The molecule has 0 radical (unpaired) electrons. The number of hydrogen-bond acceptors (Lipinski definition) is 5. The Bertz CT molecular complexity index is 1340. The summed E-state index contributed by atoms with van der Waals surface area (Å²) in [6.07, 6.45) is 38.2. The van der Waals surface area contributed by atoms with Crippen LogP contribution in [0, 0.1) is 0 Å². The Kier molecular flexibility index (Phi) is 20.8. The van der Waals surface area contributed by atoms with E-state index in [1.807, 2.05) is 11.3 Å². The van der Waals surface area contributed by atoms with Crippen molar-refractivity contribution in [2.75, 3.05) is 26.1 Å². The van der Waals surface area contributed by atoms with Crippen LogP contribution >= 0.6 is 22.7 Å². The van der Waals surface area contributed by atoms with Gasteiger partial charge in [0.1, 0.15) is 11.4 Å². The molecule has 298 valence electrons. The van der Waals surface area contributed by atoms with Gasteiger partial charge in [0, 0.05) is 36.3 Å². The summed E-state index contributed by atoms with van der Waals surface area (Å²) in [5.74, 6) is 1.04. The van der Waals surface area contributed by atoms with Crippen molar-refractivity contribution in [3.63, 3.8) is 0 Å². The van der Waals surface area contributed by atoms with Gasteiger partial charge < -0.3 is 14.4 Å². The van der Waals surface area contributed by atoms with E-state index in [0.29, 0.717) is 0 Å². The number of unbranched alkanes of at least 4 members (excludes halogenated alkanes) is 24. The molecule has 53 heavy (non-hydrogen) atoms. The van der Waals surface area contributed by atoms with Crippen LogP contribution in [0.2, 0.25) is 0 Å². The van der Waals surface area contributed by atoms with Gasteiger partial charge >= 0.3 is 0 Å². The van der Waals surface area contributed by atoms with Gasteiger partial charge in [-0.1, -0.05) is 191 Å².